The summed E-state index contributed by atoms with van der Waals surface area (Å²) < 4.78 is 7.21. The summed E-state index contributed by atoms with van der Waals surface area (Å²) in [5.41, 5.74) is 3.15. The van der Waals surface area contributed by atoms with Gasteiger partial charge in [0, 0.05) is 45.5 Å². The number of fused-ring (bicyclic) bond motifs is 1. The molecule has 23 heavy (non-hydrogen) atoms. The molecular weight excluding hydrogens is 294 g/mol. The van der Waals surface area contributed by atoms with E-state index < -0.39 is 0 Å². The summed E-state index contributed by atoms with van der Waals surface area (Å²) in [6.07, 6.45) is 1.80. The highest BCUT2D eigenvalue weighted by Gasteiger charge is 2.29. The number of hydrogen-bond acceptors (Lipinski definition) is 5. The van der Waals surface area contributed by atoms with Crippen LogP contribution in [-0.4, -0.2) is 51.3 Å². The van der Waals surface area contributed by atoms with Crippen molar-refractivity contribution in [1.29, 1.82) is 0 Å². The topological polar surface area (TPSA) is 67.4 Å². The molecule has 0 unspecified atom stereocenters. The summed E-state index contributed by atoms with van der Waals surface area (Å²) in [5.74, 6) is 0.875. The van der Waals surface area contributed by atoms with Gasteiger partial charge in [0.05, 0.1) is 23.9 Å². The van der Waals surface area contributed by atoms with Gasteiger partial charge in [-0.25, -0.2) is 0 Å². The molecular formula is C16H23N5O2. The monoisotopic (exact) mass is 317 g/mol. The number of carbonyl (C=O) groups is 1. The minimum atomic E-state index is -0.105. The van der Waals surface area contributed by atoms with Crippen molar-refractivity contribution in [3.8, 4) is 0 Å². The van der Waals surface area contributed by atoms with Gasteiger partial charge in [-0.3, -0.25) is 14.4 Å². The Morgan fingerprint density at radius 2 is 2.17 bits per heavy atom. The summed E-state index contributed by atoms with van der Waals surface area (Å²) >= 11 is 0. The maximum Gasteiger partial charge on any atom is 0.228 e. The molecule has 0 aliphatic carbocycles. The number of rotatable bonds is 3. The second kappa shape index (κ2) is 6.16. The van der Waals surface area contributed by atoms with Crippen LogP contribution in [0.3, 0.4) is 0 Å². The first-order chi connectivity index (χ1) is 11.0. The molecule has 3 heterocycles. The predicted molar refractivity (Wildman–Crippen MR) is 84.5 cm³/mol. The normalized spacial score (nSPS) is 18.5. The molecule has 2 aromatic rings. The molecule has 0 radical (unpaired) electrons. The van der Waals surface area contributed by atoms with Crippen molar-refractivity contribution in [2.24, 2.45) is 5.92 Å². The molecule has 0 aromatic carbocycles. The minimum absolute atomic E-state index is 0.105. The van der Waals surface area contributed by atoms with Crippen LogP contribution in [0, 0.1) is 19.8 Å². The highest BCUT2D eigenvalue weighted by molar-refractivity contribution is 5.78. The fourth-order valence-corrected chi connectivity index (χ4v) is 3.12. The Morgan fingerprint density at radius 3 is 2.83 bits per heavy atom. The molecule has 124 valence electrons. The van der Waals surface area contributed by atoms with E-state index in [9.17, 15) is 4.79 Å². The van der Waals surface area contributed by atoms with Crippen molar-refractivity contribution in [3.05, 3.63) is 35.0 Å². The molecule has 0 spiro atoms. The first-order valence-corrected chi connectivity index (χ1v) is 7.81. The van der Waals surface area contributed by atoms with E-state index in [1.54, 1.807) is 25.2 Å². The zero-order valence-corrected chi connectivity index (χ0v) is 14.1. The molecule has 0 fully saturated rings. The fraction of sp³-hybridized carbons (Fsp3) is 0.562. The Labute approximate surface area is 135 Å². The number of nitrogens with zero attached hydrogens (tertiary/aromatic N) is 5. The Morgan fingerprint density at radius 1 is 1.39 bits per heavy atom. The van der Waals surface area contributed by atoms with Crippen molar-refractivity contribution < 1.29 is 9.32 Å². The van der Waals surface area contributed by atoms with Crippen LogP contribution in [0.1, 0.15) is 22.7 Å². The Hall–Kier alpha value is -2.15. The number of hydrogen-bond donors (Lipinski definition) is 0. The van der Waals surface area contributed by atoms with Crippen LogP contribution in [-0.2, 0) is 24.4 Å². The molecule has 7 nitrogen and oxygen atoms in total. The van der Waals surface area contributed by atoms with E-state index in [1.807, 2.05) is 24.6 Å². The Bertz CT molecular complexity index is 684. The molecule has 1 aliphatic heterocycles. The molecule has 0 saturated heterocycles. The lowest BCUT2D eigenvalue weighted by Gasteiger charge is -2.25. The summed E-state index contributed by atoms with van der Waals surface area (Å²) in [7, 11) is 3.60. The number of carbonyl (C=O) groups excluding carboxylic acids is 1. The number of aryl methyl sites for hydroxylation is 2. The Balaban J connectivity index is 1.86. The van der Waals surface area contributed by atoms with Crippen LogP contribution in [0.2, 0.25) is 0 Å². The van der Waals surface area contributed by atoms with Crippen LogP contribution in [0.15, 0.2) is 16.8 Å². The second-order valence-corrected chi connectivity index (χ2v) is 6.41. The van der Waals surface area contributed by atoms with Gasteiger partial charge in [0.1, 0.15) is 5.76 Å². The van der Waals surface area contributed by atoms with Crippen LogP contribution < -0.4 is 0 Å². The van der Waals surface area contributed by atoms with Gasteiger partial charge in [-0.05, 0) is 19.9 Å². The summed E-state index contributed by atoms with van der Waals surface area (Å²) in [6.45, 7) is 6.70. The van der Waals surface area contributed by atoms with Gasteiger partial charge < -0.3 is 9.42 Å². The lowest BCUT2D eigenvalue weighted by atomic mass is 10.1. The zero-order valence-electron chi connectivity index (χ0n) is 14.1. The van der Waals surface area contributed by atoms with Gasteiger partial charge >= 0.3 is 0 Å². The smallest absolute Gasteiger partial charge is 0.228 e. The van der Waals surface area contributed by atoms with E-state index in [0.29, 0.717) is 13.1 Å². The van der Waals surface area contributed by atoms with Crippen molar-refractivity contribution in [2.45, 2.75) is 33.5 Å². The summed E-state index contributed by atoms with van der Waals surface area (Å²) in [6, 6.07) is 2.02. The van der Waals surface area contributed by atoms with Crippen molar-refractivity contribution in [1.82, 2.24) is 24.7 Å². The predicted octanol–water partition coefficient (Wildman–Crippen LogP) is 1.21. The maximum absolute atomic E-state index is 12.5. The van der Waals surface area contributed by atoms with Crippen LogP contribution in [0.4, 0.5) is 0 Å². The largest absolute Gasteiger partial charge is 0.361 e. The van der Waals surface area contributed by atoms with Crippen molar-refractivity contribution in [3.63, 3.8) is 0 Å². The van der Waals surface area contributed by atoms with E-state index in [0.717, 1.165) is 35.8 Å². The standard InChI is InChI=1S/C16H23N5O2/c1-11-15(12(2)23-18-11)10-20-7-13(16(22)19(3)4)8-21-14(9-20)5-6-17-21/h5-6,13H,7-10H2,1-4H3/t13-/m0/s1. The van der Waals surface area contributed by atoms with E-state index in [1.165, 1.54) is 0 Å². The molecule has 1 atom stereocenters. The molecule has 1 amide bonds. The van der Waals surface area contributed by atoms with E-state index >= 15 is 0 Å². The maximum atomic E-state index is 12.5. The lowest BCUT2D eigenvalue weighted by molar-refractivity contribution is -0.134. The molecule has 3 rings (SSSR count). The van der Waals surface area contributed by atoms with Crippen molar-refractivity contribution >= 4 is 5.91 Å². The summed E-state index contributed by atoms with van der Waals surface area (Å²) in [5, 5.41) is 8.39. The van der Waals surface area contributed by atoms with Crippen LogP contribution in [0.5, 0.6) is 0 Å². The van der Waals surface area contributed by atoms with Gasteiger partial charge in [0.15, 0.2) is 0 Å². The highest BCUT2D eigenvalue weighted by atomic mass is 16.5. The molecule has 1 aliphatic rings. The zero-order chi connectivity index (χ0) is 16.6. The van der Waals surface area contributed by atoms with E-state index in [2.05, 4.69) is 15.2 Å². The number of amides is 1. The highest BCUT2D eigenvalue weighted by Crippen LogP contribution is 2.22. The van der Waals surface area contributed by atoms with Gasteiger partial charge in [-0.15, -0.1) is 0 Å². The first-order valence-electron chi connectivity index (χ1n) is 7.81. The molecule has 2 aromatic heterocycles. The van der Waals surface area contributed by atoms with Gasteiger partial charge in [-0.1, -0.05) is 5.16 Å². The average molecular weight is 317 g/mol. The third kappa shape index (κ3) is 3.14. The minimum Gasteiger partial charge on any atom is -0.361 e. The van der Waals surface area contributed by atoms with Crippen LogP contribution in [0.25, 0.3) is 0 Å². The van der Waals surface area contributed by atoms with Gasteiger partial charge in [-0.2, -0.15) is 5.10 Å². The number of aromatic nitrogens is 3. The van der Waals surface area contributed by atoms with Crippen LogP contribution >= 0.6 is 0 Å². The van der Waals surface area contributed by atoms with Crippen molar-refractivity contribution in [2.75, 3.05) is 20.6 Å². The Kier molecular flexibility index (Phi) is 4.21. The fourth-order valence-electron chi connectivity index (χ4n) is 3.12. The van der Waals surface area contributed by atoms with Gasteiger partial charge in [0.25, 0.3) is 0 Å². The third-order valence-electron chi connectivity index (χ3n) is 4.41. The van der Waals surface area contributed by atoms with Gasteiger partial charge in [0.2, 0.25) is 5.91 Å². The third-order valence-corrected chi connectivity index (χ3v) is 4.41. The first kappa shape index (κ1) is 15.7. The molecule has 0 bridgehead atoms. The average Bonchev–Trinajstić information content (AvgIpc) is 3.01. The second-order valence-electron chi connectivity index (χ2n) is 6.41. The lowest BCUT2D eigenvalue weighted by Crippen LogP contribution is -2.38. The quantitative estimate of drug-likeness (QED) is 0.851. The molecule has 0 N–H and O–H groups in total. The van der Waals surface area contributed by atoms with E-state index in [4.69, 9.17) is 4.52 Å². The molecule has 0 saturated carbocycles. The summed E-state index contributed by atoms with van der Waals surface area (Å²) in [4.78, 5) is 16.4. The molecule has 7 heteroatoms. The van der Waals surface area contributed by atoms with E-state index in [-0.39, 0.29) is 11.8 Å². The SMILES string of the molecule is Cc1noc(C)c1CN1Cc2ccnn2C[C@@H](C(=O)N(C)C)C1.